The molecule has 5 nitrogen and oxygen atoms in total. The van der Waals surface area contributed by atoms with Crippen LogP contribution in [0.2, 0.25) is 5.02 Å². The molecular formula is C11H12BClN2O3. The van der Waals surface area contributed by atoms with Crippen LogP contribution in [0.4, 0.5) is 0 Å². The molecule has 1 aromatic rings. The van der Waals surface area contributed by atoms with Crippen LogP contribution >= 0.6 is 11.6 Å². The number of halogens is 1. The van der Waals surface area contributed by atoms with Gasteiger partial charge in [0.2, 0.25) is 0 Å². The summed E-state index contributed by atoms with van der Waals surface area (Å²) in [6, 6.07) is 3.16. The Kier molecular flexibility index (Phi) is 3.70. The highest BCUT2D eigenvalue weighted by Crippen LogP contribution is 2.21. The number of aliphatic imine (C=N–C) groups is 1. The Morgan fingerprint density at radius 1 is 1.61 bits per heavy atom. The van der Waals surface area contributed by atoms with Crippen molar-refractivity contribution in [2.24, 2.45) is 4.99 Å². The Morgan fingerprint density at radius 2 is 2.33 bits per heavy atom. The van der Waals surface area contributed by atoms with Gasteiger partial charge in [-0.1, -0.05) is 11.6 Å². The van der Waals surface area contributed by atoms with Crippen molar-refractivity contribution < 1.29 is 14.5 Å². The Hall–Kier alpha value is -1.37. The molecule has 1 heterocycles. The standard InChI is InChI=1S/C11H12BClN2O3/c1-15(2)6-14-11(16)8-4-9-7(3-10(8)13)5-18-12(9)17/h3-4,6,17H,5H2,1-2H3/b14-6+. The minimum absolute atomic E-state index is 0.262. The molecule has 1 aliphatic rings. The fourth-order valence-electron chi connectivity index (χ4n) is 1.65. The van der Waals surface area contributed by atoms with Gasteiger partial charge in [-0.05, 0) is 23.2 Å². The van der Waals surface area contributed by atoms with Crippen LogP contribution in [0.3, 0.4) is 0 Å². The van der Waals surface area contributed by atoms with Crippen molar-refractivity contribution in [3.05, 3.63) is 28.3 Å². The molecule has 0 saturated carbocycles. The summed E-state index contributed by atoms with van der Waals surface area (Å²) < 4.78 is 5.05. The third-order valence-corrected chi connectivity index (χ3v) is 2.84. The summed E-state index contributed by atoms with van der Waals surface area (Å²) in [6.07, 6.45) is 1.40. The average Bonchev–Trinajstić information content (AvgIpc) is 2.66. The zero-order valence-electron chi connectivity index (χ0n) is 10.1. The third kappa shape index (κ3) is 2.55. The Morgan fingerprint density at radius 3 is 3.00 bits per heavy atom. The Bertz CT molecular complexity index is 519. The minimum Gasteiger partial charge on any atom is -0.423 e. The van der Waals surface area contributed by atoms with E-state index in [0.717, 1.165) is 5.56 Å². The van der Waals surface area contributed by atoms with Crippen LogP contribution < -0.4 is 5.46 Å². The molecule has 7 heteroatoms. The van der Waals surface area contributed by atoms with Crippen LogP contribution in [0.1, 0.15) is 15.9 Å². The molecule has 0 aromatic heterocycles. The lowest BCUT2D eigenvalue weighted by molar-refractivity contribution is 0.100. The molecule has 1 amide bonds. The molecule has 0 bridgehead atoms. The number of benzene rings is 1. The van der Waals surface area contributed by atoms with Crippen LogP contribution in [0.25, 0.3) is 0 Å². The molecule has 18 heavy (non-hydrogen) atoms. The summed E-state index contributed by atoms with van der Waals surface area (Å²) in [6.45, 7) is 0.297. The van der Waals surface area contributed by atoms with Crippen molar-refractivity contribution in [3.63, 3.8) is 0 Å². The molecule has 0 saturated heterocycles. The van der Waals surface area contributed by atoms with E-state index in [1.807, 2.05) is 0 Å². The van der Waals surface area contributed by atoms with Gasteiger partial charge in [-0.3, -0.25) is 4.79 Å². The summed E-state index contributed by atoms with van der Waals surface area (Å²) in [5, 5.41) is 9.89. The molecule has 2 rings (SSSR count). The lowest BCUT2D eigenvalue weighted by Gasteiger charge is -2.05. The maximum Gasteiger partial charge on any atom is 0.491 e. The van der Waals surface area contributed by atoms with Gasteiger partial charge < -0.3 is 14.6 Å². The predicted molar refractivity (Wildman–Crippen MR) is 70.4 cm³/mol. The number of rotatable bonds is 2. The molecule has 1 N–H and O–H groups in total. The third-order valence-electron chi connectivity index (χ3n) is 2.53. The Labute approximate surface area is 110 Å². The number of amides is 1. The number of hydrogen-bond acceptors (Lipinski definition) is 3. The summed E-state index contributed by atoms with van der Waals surface area (Å²) in [5.74, 6) is -0.449. The van der Waals surface area contributed by atoms with Crippen molar-refractivity contribution in [1.82, 2.24) is 4.90 Å². The molecule has 0 radical (unpaired) electrons. The second kappa shape index (κ2) is 5.10. The van der Waals surface area contributed by atoms with Gasteiger partial charge in [0, 0.05) is 14.1 Å². The highest BCUT2D eigenvalue weighted by atomic mass is 35.5. The first-order chi connectivity index (χ1) is 8.49. The topological polar surface area (TPSA) is 62.1 Å². The number of hydrogen-bond donors (Lipinski definition) is 1. The molecule has 0 unspecified atom stereocenters. The van der Waals surface area contributed by atoms with E-state index in [1.54, 1.807) is 25.1 Å². The molecule has 0 fully saturated rings. The first-order valence-corrected chi connectivity index (χ1v) is 5.74. The number of carbonyl (C=O) groups excluding carboxylic acids is 1. The van der Waals surface area contributed by atoms with Crippen molar-refractivity contribution in [3.8, 4) is 0 Å². The van der Waals surface area contributed by atoms with Gasteiger partial charge in [0.25, 0.3) is 5.91 Å². The highest BCUT2D eigenvalue weighted by molar-refractivity contribution is 6.61. The van der Waals surface area contributed by atoms with Crippen LogP contribution in [-0.2, 0) is 11.3 Å². The molecule has 1 aliphatic heterocycles. The van der Waals surface area contributed by atoms with Crippen molar-refractivity contribution >= 4 is 36.4 Å². The summed E-state index contributed by atoms with van der Waals surface area (Å²) in [5.41, 5.74) is 1.63. The number of fused-ring (bicyclic) bond motifs is 1. The normalized spacial score (nSPS) is 14.1. The first kappa shape index (κ1) is 13.1. The van der Waals surface area contributed by atoms with Crippen LogP contribution in [0, 0.1) is 0 Å². The maximum absolute atomic E-state index is 11.8. The van der Waals surface area contributed by atoms with Gasteiger partial charge >= 0.3 is 7.12 Å². The average molecular weight is 266 g/mol. The largest absolute Gasteiger partial charge is 0.491 e. The molecule has 0 spiro atoms. The van der Waals surface area contributed by atoms with E-state index >= 15 is 0 Å². The van der Waals surface area contributed by atoms with Crippen LogP contribution in [-0.4, -0.2) is 43.4 Å². The fraction of sp³-hybridized carbons (Fsp3) is 0.273. The van der Waals surface area contributed by atoms with Crippen molar-refractivity contribution in [1.29, 1.82) is 0 Å². The van der Waals surface area contributed by atoms with Crippen molar-refractivity contribution in [2.45, 2.75) is 6.61 Å². The lowest BCUT2D eigenvalue weighted by Crippen LogP contribution is -2.28. The molecule has 94 valence electrons. The van der Waals surface area contributed by atoms with E-state index in [2.05, 4.69) is 4.99 Å². The highest BCUT2D eigenvalue weighted by Gasteiger charge is 2.29. The zero-order chi connectivity index (χ0) is 13.3. The number of nitrogens with zero attached hydrogens (tertiary/aromatic N) is 2. The Balaban J connectivity index is 2.34. The lowest BCUT2D eigenvalue weighted by atomic mass is 9.78. The molecule has 0 aliphatic carbocycles. The quantitative estimate of drug-likeness (QED) is 0.475. The summed E-state index contributed by atoms with van der Waals surface area (Å²) in [4.78, 5) is 17.3. The van der Waals surface area contributed by atoms with E-state index < -0.39 is 13.0 Å². The smallest absolute Gasteiger partial charge is 0.423 e. The van der Waals surface area contributed by atoms with Gasteiger partial charge in [-0.25, -0.2) is 0 Å². The van der Waals surface area contributed by atoms with Gasteiger partial charge in [-0.2, -0.15) is 4.99 Å². The summed E-state index contributed by atoms with van der Waals surface area (Å²) in [7, 11) is 2.53. The van der Waals surface area contributed by atoms with E-state index in [4.69, 9.17) is 16.3 Å². The second-order valence-corrected chi connectivity index (χ2v) is 4.61. The van der Waals surface area contributed by atoms with E-state index in [0.29, 0.717) is 17.1 Å². The van der Waals surface area contributed by atoms with Gasteiger partial charge in [0.05, 0.1) is 23.5 Å². The van der Waals surface area contributed by atoms with Gasteiger partial charge in [0.15, 0.2) is 0 Å². The summed E-state index contributed by atoms with van der Waals surface area (Å²) >= 11 is 6.02. The minimum atomic E-state index is -0.998. The molecule has 0 atom stereocenters. The second-order valence-electron chi connectivity index (χ2n) is 4.21. The first-order valence-electron chi connectivity index (χ1n) is 5.36. The molecular weight excluding hydrogens is 254 g/mol. The predicted octanol–water partition coefficient (Wildman–Crippen LogP) is 0.288. The van der Waals surface area contributed by atoms with E-state index in [9.17, 15) is 9.82 Å². The van der Waals surface area contributed by atoms with Crippen LogP contribution in [0.15, 0.2) is 17.1 Å². The zero-order valence-corrected chi connectivity index (χ0v) is 10.8. The van der Waals surface area contributed by atoms with Gasteiger partial charge in [0.1, 0.15) is 0 Å². The monoisotopic (exact) mass is 266 g/mol. The SMILES string of the molecule is CN(C)/C=N/C(=O)c1cc2c(cc1Cl)COB2O. The van der Waals surface area contributed by atoms with E-state index in [1.165, 1.54) is 12.4 Å². The van der Waals surface area contributed by atoms with Crippen molar-refractivity contribution in [2.75, 3.05) is 14.1 Å². The van der Waals surface area contributed by atoms with Gasteiger partial charge in [-0.15, -0.1) is 0 Å². The number of carbonyl (C=O) groups is 1. The van der Waals surface area contributed by atoms with E-state index in [-0.39, 0.29) is 5.56 Å². The molecule has 1 aromatic carbocycles. The maximum atomic E-state index is 11.8. The fourth-order valence-corrected chi connectivity index (χ4v) is 1.91. The van der Waals surface area contributed by atoms with Crippen LogP contribution in [0.5, 0.6) is 0 Å².